The van der Waals surface area contributed by atoms with Crippen LogP contribution in [0.4, 0.5) is 4.39 Å². The van der Waals surface area contributed by atoms with Crippen LogP contribution in [0.2, 0.25) is 0 Å². The molecule has 0 saturated carbocycles. The maximum atomic E-state index is 13.5. The molecule has 0 fully saturated rings. The van der Waals surface area contributed by atoms with Gasteiger partial charge in [0.15, 0.2) is 0 Å². The molecule has 2 nitrogen and oxygen atoms in total. The largest absolute Gasteiger partial charge is 0.508 e. The molecule has 0 aliphatic heterocycles. The molecule has 16 heavy (non-hydrogen) atoms. The number of halogens is 1. The fourth-order valence-corrected chi connectivity index (χ4v) is 1.90. The molecule has 0 aliphatic rings. The van der Waals surface area contributed by atoms with Crippen LogP contribution in [-0.2, 0) is 0 Å². The second kappa shape index (κ2) is 5.85. The van der Waals surface area contributed by atoms with Crippen LogP contribution in [0.25, 0.3) is 0 Å². The average molecular weight is 225 g/mol. The van der Waals surface area contributed by atoms with Crippen LogP contribution < -0.4 is 5.32 Å². The molecule has 1 aromatic carbocycles. The second-order valence-electron chi connectivity index (χ2n) is 4.28. The Morgan fingerprint density at radius 2 is 2.06 bits per heavy atom. The van der Waals surface area contributed by atoms with E-state index in [0.717, 1.165) is 18.9 Å². The van der Waals surface area contributed by atoms with Gasteiger partial charge in [-0.3, -0.25) is 0 Å². The molecule has 90 valence electrons. The van der Waals surface area contributed by atoms with Crippen LogP contribution in [0.1, 0.15) is 45.2 Å². The number of phenols is 1. The molecule has 0 spiro atoms. The Labute approximate surface area is 96.5 Å². The summed E-state index contributed by atoms with van der Waals surface area (Å²) in [4.78, 5) is 0. The van der Waals surface area contributed by atoms with Crippen molar-refractivity contribution in [2.75, 3.05) is 0 Å². The zero-order chi connectivity index (χ0) is 12.1. The Bertz CT molecular complexity index is 341. The highest BCUT2D eigenvalue weighted by Crippen LogP contribution is 2.21. The molecule has 3 heteroatoms. The number of benzene rings is 1. The summed E-state index contributed by atoms with van der Waals surface area (Å²) in [6, 6.07) is 4.62. The third-order valence-corrected chi connectivity index (χ3v) is 2.71. The van der Waals surface area contributed by atoms with Crippen molar-refractivity contribution in [1.82, 2.24) is 5.32 Å². The van der Waals surface area contributed by atoms with Gasteiger partial charge in [-0.1, -0.05) is 19.4 Å². The Hall–Kier alpha value is -1.09. The average Bonchev–Trinajstić information content (AvgIpc) is 2.17. The van der Waals surface area contributed by atoms with Crippen LogP contribution in [0.15, 0.2) is 18.2 Å². The highest BCUT2D eigenvalue weighted by Gasteiger charge is 2.13. The first-order valence-corrected chi connectivity index (χ1v) is 5.79. The summed E-state index contributed by atoms with van der Waals surface area (Å²) >= 11 is 0. The number of aromatic hydroxyl groups is 1. The van der Waals surface area contributed by atoms with E-state index >= 15 is 0 Å². The number of hydrogen-bond acceptors (Lipinski definition) is 2. The Morgan fingerprint density at radius 3 is 2.62 bits per heavy atom. The lowest BCUT2D eigenvalue weighted by molar-refractivity contribution is 0.435. The van der Waals surface area contributed by atoms with E-state index in [1.165, 1.54) is 6.07 Å². The fraction of sp³-hybridized carbons (Fsp3) is 0.538. The molecule has 0 aliphatic carbocycles. The molecule has 0 saturated heterocycles. The van der Waals surface area contributed by atoms with E-state index in [4.69, 9.17) is 5.11 Å². The smallest absolute Gasteiger partial charge is 0.131 e. The maximum absolute atomic E-state index is 13.5. The predicted molar refractivity (Wildman–Crippen MR) is 64.0 cm³/mol. The lowest BCUT2D eigenvalue weighted by Crippen LogP contribution is -2.29. The van der Waals surface area contributed by atoms with E-state index in [0.29, 0.717) is 11.6 Å². The van der Waals surface area contributed by atoms with Gasteiger partial charge < -0.3 is 10.4 Å². The van der Waals surface area contributed by atoms with Crippen molar-refractivity contribution in [1.29, 1.82) is 0 Å². The molecule has 2 N–H and O–H groups in total. The molecule has 1 rings (SSSR count). The van der Waals surface area contributed by atoms with Gasteiger partial charge in [-0.05, 0) is 26.3 Å². The minimum atomic E-state index is -0.358. The molecule has 2 unspecified atom stereocenters. The van der Waals surface area contributed by atoms with E-state index in [9.17, 15) is 4.39 Å². The third-order valence-electron chi connectivity index (χ3n) is 2.71. The first kappa shape index (κ1) is 13.0. The van der Waals surface area contributed by atoms with Gasteiger partial charge in [-0.15, -0.1) is 0 Å². The molecule has 0 radical (unpaired) electrons. The zero-order valence-electron chi connectivity index (χ0n) is 10.1. The van der Waals surface area contributed by atoms with Crippen LogP contribution in [-0.4, -0.2) is 11.1 Å². The van der Waals surface area contributed by atoms with Crippen LogP contribution in [0.5, 0.6) is 5.75 Å². The number of nitrogens with one attached hydrogen (secondary N) is 1. The van der Waals surface area contributed by atoms with Gasteiger partial charge in [0.05, 0.1) is 0 Å². The summed E-state index contributed by atoms with van der Waals surface area (Å²) in [5, 5.41) is 12.5. The number of rotatable bonds is 5. The minimum Gasteiger partial charge on any atom is -0.508 e. The summed E-state index contributed by atoms with van der Waals surface area (Å²) in [6.45, 7) is 6.16. The Balaban J connectivity index is 2.69. The van der Waals surface area contributed by atoms with Crippen molar-refractivity contribution in [3.8, 4) is 5.75 Å². The van der Waals surface area contributed by atoms with Crippen LogP contribution in [0.3, 0.4) is 0 Å². The highest BCUT2D eigenvalue weighted by atomic mass is 19.1. The summed E-state index contributed by atoms with van der Waals surface area (Å²) < 4.78 is 13.5. The van der Waals surface area contributed by atoms with E-state index in [-0.39, 0.29) is 17.6 Å². The van der Waals surface area contributed by atoms with Crippen molar-refractivity contribution in [2.45, 2.75) is 45.7 Å². The molecule has 1 aromatic rings. The van der Waals surface area contributed by atoms with Gasteiger partial charge in [0.1, 0.15) is 11.6 Å². The van der Waals surface area contributed by atoms with Gasteiger partial charge in [0.2, 0.25) is 0 Å². The lowest BCUT2D eigenvalue weighted by Gasteiger charge is -2.20. The van der Waals surface area contributed by atoms with Crippen molar-refractivity contribution in [2.24, 2.45) is 0 Å². The Morgan fingerprint density at radius 1 is 1.38 bits per heavy atom. The van der Waals surface area contributed by atoms with Gasteiger partial charge in [0.25, 0.3) is 0 Å². The van der Waals surface area contributed by atoms with E-state index < -0.39 is 0 Å². The highest BCUT2D eigenvalue weighted by molar-refractivity contribution is 5.29. The SMILES string of the molecule is CCCC(C)NC(C)c1ccc(O)cc1F. The van der Waals surface area contributed by atoms with Crippen molar-refractivity contribution >= 4 is 0 Å². The first-order valence-electron chi connectivity index (χ1n) is 5.79. The standard InChI is InChI=1S/C13H20FNO/c1-4-5-9(2)15-10(3)12-7-6-11(16)8-13(12)14/h6-10,15-16H,4-5H2,1-3H3. The van der Waals surface area contributed by atoms with Gasteiger partial charge in [0, 0.05) is 23.7 Å². The topological polar surface area (TPSA) is 32.3 Å². The molecule has 0 heterocycles. The number of phenolic OH excluding ortho intramolecular Hbond substituents is 1. The molecule has 0 amide bonds. The van der Waals surface area contributed by atoms with Crippen molar-refractivity contribution in [3.63, 3.8) is 0 Å². The van der Waals surface area contributed by atoms with Gasteiger partial charge in [-0.25, -0.2) is 4.39 Å². The van der Waals surface area contributed by atoms with Gasteiger partial charge in [-0.2, -0.15) is 0 Å². The normalized spacial score (nSPS) is 14.8. The monoisotopic (exact) mass is 225 g/mol. The summed E-state index contributed by atoms with van der Waals surface area (Å²) in [5.41, 5.74) is 0.598. The zero-order valence-corrected chi connectivity index (χ0v) is 10.1. The summed E-state index contributed by atoms with van der Waals surface area (Å²) in [5.74, 6) is -0.390. The fourth-order valence-electron chi connectivity index (χ4n) is 1.90. The molecular weight excluding hydrogens is 205 g/mol. The summed E-state index contributed by atoms with van der Waals surface area (Å²) in [7, 11) is 0. The van der Waals surface area contributed by atoms with Gasteiger partial charge >= 0.3 is 0 Å². The first-order chi connectivity index (χ1) is 7.54. The lowest BCUT2D eigenvalue weighted by atomic mass is 10.1. The quantitative estimate of drug-likeness (QED) is 0.805. The number of hydrogen-bond donors (Lipinski definition) is 2. The van der Waals surface area contributed by atoms with Crippen molar-refractivity contribution in [3.05, 3.63) is 29.6 Å². The summed E-state index contributed by atoms with van der Waals surface area (Å²) in [6.07, 6.45) is 2.18. The predicted octanol–water partition coefficient (Wildman–Crippen LogP) is 3.37. The van der Waals surface area contributed by atoms with Crippen LogP contribution >= 0.6 is 0 Å². The third kappa shape index (κ3) is 3.49. The van der Waals surface area contributed by atoms with E-state index in [1.807, 2.05) is 6.92 Å². The van der Waals surface area contributed by atoms with Crippen LogP contribution in [0, 0.1) is 5.82 Å². The second-order valence-corrected chi connectivity index (χ2v) is 4.28. The molecular formula is C13H20FNO. The molecule has 0 aromatic heterocycles. The van der Waals surface area contributed by atoms with E-state index in [2.05, 4.69) is 19.2 Å². The minimum absolute atomic E-state index is 0.0324. The molecule has 2 atom stereocenters. The molecule has 0 bridgehead atoms. The maximum Gasteiger partial charge on any atom is 0.131 e. The van der Waals surface area contributed by atoms with E-state index in [1.54, 1.807) is 6.07 Å². The van der Waals surface area contributed by atoms with Crippen molar-refractivity contribution < 1.29 is 9.50 Å². The Kier molecular flexibility index (Phi) is 4.74.